The molecule has 1 rings (SSSR count). The topological polar surface area (TPSA) is 76.0 Å². The van der Waals surface area contributed by atoms with Crippen LogP contribution >= 0.6 is 0 Å². The van der Waals surface area contributed by atoms with Gasteiger partial charge in [0.2, 0.25) is 0 Å². The van der Waals surface area contributed by atoms with E-state index in [1.165, 1.54) is 12.4 Å². The fraction of sp³-hybridized carbons (Fsp3) is 0.200. The third-order valence-corrected chi connectivity index (χ3v) is 0.906. The van der Waals surface area contributed by atoms with Gasteiger partial charge in [-0.05, 0) is 5.21 Å². The van der Waals surface area contributed by atoms with Gasteiger partial charge in [-0.15, -0.1) is 10.2 Å². The number of carbonyl (C=O) groups is 1. The predicted molar refractivity (Wildman–Crippen MR) is 31.2 cm³/mol. The van der Waals surface area contributed by atoms with Crippen molar-refractivity contribution in [3.05, 3.63) is 18.0 Å². The number of aliphatic carboxylic acids is 1. The van der Waals surface area contributed by atoms with Crippen LogP contribution in [0.2, 0.25) is 0 Å². The molecule has 0 unspecified atom stereocenters. The first-order chi connectivity index (χ1) is 4.79. The SMILES string of the molecule is O=C(O)Cc1cnnnc1. The molecule has 0 radical (unpaired) electrons. The maximum absolute atomic E-state index is 10.1. The molecule has 5 nitrogen and oxygen atoms in total. The van der Waals surface area contributed by atoms with Crippen LogP contribution in [0, 0.1) is 0 Å². The highest BCUT2D eigenvalue weighted by molar-refractivity contribution is 5.69. The summed E-state index contributed by atoms with van der Waals surface area (Å²) in [6.45, 7) is 0. The fourth-order valence-corrected chi connectivity index (χ4v) is 0.529. The summed E-state index contributed by atoms with van der Waals surface area (Å²) in [5.74, 6) is -0.894. The number of hydrogen-bond donors (Lipinski definition) is 1. The van der Waals surface area contributed by atoms with E-state index < -0.39 is 5.97 Å². The summed E-state index contributed by atoms with van der Waals surface area (Å²) in [6, 6.07) is 0. The van der Waals surface area contributed by atoms with E-state index in [2.05, 4.69) is 15.4 Å². The van der Waals surface area contributed by atoms with Gasteiger partial charge >= 0.3 is 5.97 Å². The molecule has 0 atom stereocenters. The molecule has 0 aliphatic rings. The summed E-state index contributed by atoms with van der Waals surface area (Å²) in [4.78, 5) is 10.1. The Hall–Kier alpha value is -1.52. The third-order valence-electron chi connectivity index (χ3n) is 0.906. The number of rotatable bonds is 2. The van der Waals surface area contributed by atoms with Gasteiger partial charge in [-0.25, -0.2) is 0 Å². The van der Waals surface area contributed by atoms with Crippen molar-refractivity contribution in [3.8, 4) is 0 Å². The zero-order valence-corrected chi connectivity index (χ0v) is 5.06. The quantitative estimate of drug-likeness (QED) is 0.597. The van der Waals surface area contributed by atoms with Crippen LogP contribution in [0.25, 0.3) is 0 Å². The van der Waals surface area contributed by atoms with Crippen molar-refractivity contribution >= 4 is 5.97 Å². The van der Waals surface area contributed by atoms with Crippen molar-refractivity contribution in [2.24, 2.45) is 0 Å². The molecular formula is C5H5N3O2. The van der Waals surface area contributed by atoms with E-state index in [4.69, 9.17) is 5.11 Å². The molecule has 5 heteroatoms. The van der Waals surface area contributed by atoms with Crippen LogP contribution in [0.4, 0.5) is 0 Å². The molecule has 52 valence electrons. The van der Waals surface area contributed by atoms with Gasteiger partial charge in [-0.1, -0.05) is 0 Å². The number of nitrogens with zero attached hydrogens (tertiary/aromatic N) is 3. The van der Waals surface area contributed by atoms with E-state index in [1.807, 2.05) is 0 Å². The van der Waals surface area contributed by atoms with Gasteiger partial charge in [-0.2, -0.15) is 0 Å². The molecule has 0 aromatic carbocycles. The number of carboxylic acids is 1. The molecule has 0 spiro atoms. The van der Waals surface area contributed by atoms with Gasteiger partial charge in [0.05, 0.1) is 18.8 Å². The Labute approximate surface area is 56.7 Å². The Kier molecular flexibility index (Phi) is 1.89. The molecule has 10 heavy (non-hydrogen) atoms. The third kappa shape index (κ3) is 1.77. The smallest absolute Gasteiger partial charge is 0.307 e. The summed E-state index contributed by atoms with van der Waals surface area (Å²) >= 11 is 0. The second kappa shape index (κ2) is 2.86. The molecule has 1 heterocycles. The lowest BCUT2D eigenvalue weighted by Crippen LogP contribution is -2.01. The van der Waals surface area contributed by atoms with Gasteiger partial charge in [0.15, 0.2) is 0 Å². The predicted octanol–water partition coefficient (Wildman–Crippen LogP) is -0.501. The van der Waals surface area contributed by atoms with Crippen molar-refractivity contribution in [2.75, 3.05) is 0 Å². The summed E-state index contributed by atoms with van der Waals surface area (Å²) < 4.78 is 0. The summed E-state index contributed by atoms with van der Waals surface area (Å²) in [5.41, 5.74) is 0.558. The summed E-state index contributed by atoms with van der Waals surface area (Å²) in [5, 5.41) is 18.4. The molecule has 1 N–H and O–H groups in total. The molecule has 0 saturated carbocycles. The molecule has 1 aromatic heterocycles. The first kappa shape index (κ1) is 6.60. The zero-order chi connectivity index (χ0) is 7.40. The standard InChI is InChI=1S/C5H5N3O2/c9-5(10)1-4-2-6-8-7-3-4/h2-3H,1H2,(H,9,10). The van der Waals surface area contributed by atoms with E-state index in [0.717, 1.165) is 0 Å². The lowest BCUT2D eigenvalue weighted by Gasteiger charge is -1.90. The monoisotopic (exact) mass is 139 g/mol. The van der Waals surface area contributed by atoms with Crippen molar-refractivity contribution in [3.63, 3.8) is 0 Å². The number of hydrogen-bond acceptors (Lipinski definition) is 4. The molecule has 0 amide bonds. The Bertz CT molecular complexity index is 224. The minimum atomic E-state index is -0.894. The van der Waals surface area contributed by atoms with E-state index in [0.29, 0.717) is 5.56 Å². The molecule has 0 aliphatic heterocycles. The van der Waals surface area contributed by atoms with Crippen LogP contribution in [0.1, 0.15) is 5.56 Å². The number of carboxylic acid groups (broad SMARTS) is 1. The number of aromatic nitrogens is 3. The first-order valence-corrected chi connectivity index (χ1v) is 2.63. The Morgan fingerprint density at radius 2 is 2.10 bits per heavy atom. The molecule has 0 saturated heterocycles. The van der Waals surface area contributed by atoms with Crippen LogP contribution in [0.5, 0.6) is 0 Å². The largest absolute Gasteiger partial charge is 0.481 e. The van der Waals surface area contributed by atoms with Crippen molar-refractivity contribution in [1.29, 1.82) is 0 Å². The van der Waals surface area contributed by atoms with E-state index >= 15 is 0 Å². The van der Waals surface area contributed by atoms with Crippen LogP contribution in [-0.2, 0) is 11.2 Å². The Morgan fingerprint density at radius 1 is 1.50 bits per heavy atom. The van der Waals surface area contributed by atoms with Gasteiger partial charge in [-0.3, -0.25) is 4.79 Å². The normalized spacial score (nSPS) is 9.20. The average molecular weight is 139 g/mol. The molecular weight excluding hydrogens is 134 g/mol. The summed E-state index contributed by atoms with van der Waals surface area (Å²) in [7, 11) is 0. The van der Waals surface area contributed by atoms with Gasteiger partial charge in [0.1, 0.15) is 0 Å². The van der Waals surface area contributed by atoms with Crippen molar-refractivity contribution in [1.82, 2.24) is 15.4 Å². The molecule has 1 aromatic rings. The fourth-order valence-electron chi connectivity index (χ4n) is 0.529. The lowest BCUT2D eigenvalue weighted by atomic mass is 10.2. The van der Waals surface area contributed by atoms with Crippen LogP contribution in [0.15, 0.2) is 12.4 Å². The molecule has 0 fully saturated rings. The maximum atomic E-state index is 10.1. The minimum absolute atomic E-state index is 0.0531. The Morgan fingerprint density at radius 3 is 2.60 bits per heavy atom. The van der Waals surface area contributed by atoms with Crippen molar-refractivity contribution < 1.29 is 9.90 Å². The highest BCUT2D eigenvalue weighted by Crippen LogP contribution is 1.91. The second-order valence-corrected chi connectivity index (χ2v) is 1.72. The average Bonchev–Trinajstić information content (AvgIpc) is 1.88. The van der Waals surface area contributed by atoms with E-state index in [9.17, 15) is 4.79 Å². The maximum Gasteiger partial charge on any atom is 0.307 e. The van der Waals surface area contributed by atoms with Gasteiger partial charge in [0.25, 0.3) is 0 Å². The van der Waals surface area contributed by atoms with Crippen LogP contribution in [-0.4, -0.2) is 26.5 Å². The first-order valence-electron chi connectivity index (χ1n) is 2.63. The molecule has 0 aliphatic carbocycles. The van der Waals surface area contributed by atoms with Crippen LogP contribution in [0.3, 0.4) is 0 Å². The van der Waals surface area contributed by atoms with E-state index in [1.54, 1.807) is 0 Å². The van der Waals surface area contributed by atoms with Gasteiger partial charge in [0, 0.05) is 5.56 Å². The van der Waals surface area contributed by atoms with Gasteiger partial charge < -0.3 is 5.11 Å². The van der Waals surface area contributed by atoms with E-state index in [-0.39, 0.29) is 6.42 Å². The highest BCUT2D eigenvalue weighted by atomic mass is 16.4. The lowest BCUT2D eigenvalue weighted by molar-refractivity contribution is -0.136. The zero-order valence-electron chi connectivity index (χ0n) is 5.06. The Balaban J connectivity index is 2.67. The summed E-state index contributed by atoms with van der Waals surface area (Å²) in [6.07, 6.45) is 2.70. The van der Waals surface area contributed by atoms with Crippen LogP contribution < -0.4 is 0 Å². The second-order valence-electron chi connectivity index (χ2n) is 1.72. The highest BCUT2D eigenvalue weighted by Gasteiger charge is 1.98. The molecule has 0 bridgehead atoms. The minimum Gasteiger partial charge on any atom is -0.481 e. The van der Waals surface area contributed by atoms with Crippen molar-refractivity contribution in [2.45, 2.75) is 6.42 Å².